The van der Waals surface area contributed by atoms with E-state index in [-0.39, 0.29) is 11.6 Å². The van der Waals surface area contributed by atoms with E-state index in [1.807, 2.05) is 13.8 Å². The van der Waals surface area contributed by atoms with Gasteiger partial charge in [0.15, 0.2) is 0 Å². The lowest BCUT2D eigenvalue weighted by Crippen LogP contribution is -2.21. The number of carbonyl (C=O) groups excluding carboxylic acids is 2. The van der Waals surface area contributed by atoms with E-state index in [1.54, 1.807) is 12.1 Å². The average molecular weight is 275 g/mol. The van der Waals surface area contributed by atoms with Crippen molar-refractivity contribution in [2.75, 3.05) is 0 Å². The predicted octanol–water partition coefficient (Wildman–Crippen LogP) is 3.23. The minimum atomic E-state index is -0.552. The lowest BCUT2D eigenvalue weighted by Gasteiger charge is -2.12. The summed E-state index contributed by atoms with van der Waals surface area (Å²) in [4.78, 5) is 31.5. The van der Waals surface area contributed by atoms with Gasteiger partial charge in [-0.1, -0.05) is 31.5 Å². The molecule has 1 heterocycles. The third kappa shape index (κ3) is 1.71. The number of hydrogen-bond donors (Lipinski definition) is 1. The van der Waals surface area contributed by atoms with Crippen LogP contribution in [0.25, 0.3) is 11.3 Å². The Morgan fingerprint density at radius 1 is 1.16 bits per heavy atom. The maximum absolute atomic E-state index is 12.1. The Hall–Kier alpha value is -1.94. The molecule has 1 aromatic carbocycles. The number of hydrogen-bond acceptors (Lipinski definition) is 3. The van der Waals surface area contributed by atoms with E-state index in [1.165, 1.54) is 6.07 Å². The first-order valence-electron chi connectivity index (χ1n) is 5.98. The van der Waals surface area contributed by atoms with Crippen molar-refractivity contribution < 1.29 is 9.59 Å². The van der Waals surface area contributed by atoms with Gasteiger partial charge in [0.05, 0.1) is 0 Å². The molecule has 0 fully saturated rings. The topological polar surface area (TPSA) is 62.8 Å². The van der Waals surface area contributed by atoms with Crippen molar-refractivity contribution in [1.29, 1.82) is 0 Å². The normalized spacial score (nSPS) is 13.7. The second-order valence-corrected chi connectivity index (χ2v) is 5.28. The Morgan fingerprint density at radius 2 is 1.89 bits per heavy atom. The molecule has 0 spiro atoms. The van der Waals surface area contributed by atoms with Crippen LogP contribution in [-0.2, 0) is 0 Å². The molecule has 0 radical (unpaired) electrons. The fraction of sp³-hybridized carbons (Fsp3) is 0.214. The van der Waals surface area contributed by atoms with Crippen LogP contribution in [-0.4, -0.2) is 21.5 Å². The van der Waals surface area contributed by atoms with E-state index in [9.17, 15) is 9.59 Å². The Labute approximate surface area is 114 Å². The quantitative estimate of drug-likeness (QED) is 0.812. The summed E-state index contributed by atoms with van der Waals surface area (Å²) >= 11 is 5.88. The van der Waals surface area contributed by atoms with Gasteiger partial charge in [0, 0.05) is 22.1 Å². The fourth-order valence-electron chi connectivity index (χ4n) is 2.17. The highest BCUT2D eigenvalue weighted by atomic mass is 35.5. The number of H-pyrrole nitrogens is 1. The van der Waals surface area contributed by atoms with E-state index in [4.69, 9.17) is 11.6 Å². The van der Waals surface area contributed by atoms with Gasteiger partial charge < -0.3 is 4.98 Å². The lowest BCUT2D eigenvalue weighted by atomic mass is 9.90. The second-order valence-electron chi connectivity index (χ2n) is 4.85. The first-order valence-corrected chi connectivity index (χ1v) is 6.35. The number of aromatic nitrogens is 2. The van der Waals surface area contributed by atoms with E-state index in [0.717, 1.165) is 0 Å². The van der Waals surface area contributed by atoms with Crippen LogP contribution in [0.2, 0.25) is 5.02 Å². The molecule has 1 aliphatic carbocycles. The van der Waals surface area contributed by atoms with Crippen LogP contribution in [0.5, 0.6) is 0 Å². The molecule has 0 atom stereocenters. The van der Waals surface area contributed by atoms with Crippen molar-refractivity contribution in [2.45, 2.75) is 19.8 Å². The van der Waals surface area contributed by atoms with Gasteiger partial charge in [-0.2, -0.15) is 0 Å². The molecule has 96 valence electrons. The van der Waals surface area contributed by atoms with Crippen molar-refractivity contribution in [3.8, 4) is 11.3 Å². The minimum Gasteiger partial charge on any atom is -0.338 e. The highest BCUT2D eigenvalue weighted by Gasteiger charge is 2.33. The summed E-state index contributed by atoms with van der Waals surface area (Å²) in [6.45, 7) is 3.94. The number of benzene rings is 1. The molecule has 3 rings (SSSR count). The largest absolute Gasteiger partial charge is 0.338 e. The third-order valence-corrected chi connectivity index (χ3v) is 3.42. The fourth-order valence-corrected chi connectivity index (χ4v) is 2.34. The van der Waals surface area contributed by atoms with Gasteiger partial charge in [0.2, 0.25) is 5.78 Å². The molecule has 1 N–H and O–H groups in total. The van der Waals surface area contributed by atoms with Crippen molar-refractivity contribution in [3.63, 3.8) is 0 Å². The number of rotatable bonds is 1. The molecule has 0 aliphatic heterocycles. The van der Waals surface area contributed by atoms with Crippen LogP contribution in [0, 0.1) is 0 Å². The molecule has 19 heavy (non-hydrogen) atoms. The highest BCUT2D eigenvalue weighted by molar-refractivity contribution is 6.52. The summed E-state index contributed by atoms with van der Waals surface area (Å²) in [5.41, 5.74) is 1.81. The van der Waals surface area contributed by atoms with Gasteiger partial charge in [-0.25, -0.2) is 4.98 Å². The predicted molar refractivity (Wildman–Crippen MR) is 71.8 cm³/mol. The number of aromatic amines is 1. The molecule has 2 aromatic rings. The molecule has 1 aromatic heterocycles. The van der Waals surface area contributed by atoms with E-state index in [2.05, 4.69) is 9.97 Å². The minimum absolute atomic E-state index is 0.157. The Bertz CT molecular complexity index is 716. The maximum Gasteiger partial charge on any atom is 0.251 e. The first-order chi connectivity index (χ1) is 8.99. The Morgan fingerprint density at radius 3 is 2.58 bits per heavy atom. The van der Waals surface area contributed by atoms with Crippen LogP contribution < -0.4 is 0 Å². The zero-order valence-corrected chi connectivity index (χ0v) is 11.2. The molecule has 1 aliphatic rings. The summed E-state index contributed by atoms with van der Waals surface area (Å²) in [7, 11) is 0. The standard InChI is InChI=1S/C14H11ClN2O2/c1-6(2)14-16-10-8-4-3-7(15)5-9(8)12(18)13(19)11(10)17-14/h3-6H,1-2H3,(H,16,17). The number of ketones is 2. The van der Waals surface area contributed by atoms with Gasteiger partial charge in [0.25, 0.3) is 5.78 Å². The van der Waals surface area contributed by atoms with Crippen LogP contribution in [0.4, 0.5) is 0 Å². The maximum atomic E-state index is 12.1. The van der Waals surface area contributed by atoms with Crippen molar-refractivity contribution in [2.24, 2.45) is 0 Å². The zero-order valence-electron chi connectivity index (χ0n) is 10.5. The van der Waals surface area contributed by atoms with Gasteiger partial charge >= 0.3 is 0 Å². The molecule has 4 nitrogen and oxygen atoms in total. The van der Waals surface area contributed by atoms with Gasteiger partial charge in [-0.15, -0.1) is 0 Å². The average Bonchev–Trinajstić information content (AvgIpc) is 2.81. The number of nitrogens with zero attached hydrogens (tertiary/aromatic N) is 1. The number of carbonyl (C=O) groups is 2. The van der Waals surface area contributed by atoms with E-state index < -0.39 is 11.6 Å². The number of imidazole rings is 1. The molecule has 0 unspecified atom stereocenters. The van der Waals surface area contributed by atoms with Crippen LogP contribution >= 0.6 is 11.6 Å². The van der Waals surface area contributed by atoms with Crippen molar-refractivity contribution >= 4 is 23.2 Å². The molecule has 5 heteroatoms. The molecular formula is C14H11ClN2O2. The summed E-state index contributed by atoms with van der Waals surface area (Å²) in [6, 6.07) is 4.94. The molecular weight excluding hydrogens is 264 g/mol. The van der Waals surface area contributed by atoms with E-state index in [0.29, 0.717) is 27.7 Å². The Balaban J connectivity index is 2.30. The van der Waals surface area contributed by atoms with Crippen molar-refractivity contribution in [1.82, 2.24) is 9.97 Å². The summed E-state index contributed by atoms with van der Waals surface area (Å²) < 4.78 is 0. The highest BCUT2D eigenvalue weighted by Crippen LogP contribution is 2.34. The number of nitrogens with one attached hydrogen (secondary N) is 1. The number of Topliss-reactive ketones (excluding diaryl/α,β-unsaturated/α-hetero) is 2. The van der Waals surface area contributed by atoms with E-state index >= 15 is 0 Å². The van der Waals surface area contributed by atoms with Crippen molar-refractivity contribution in [3.05, 3.63) is 40.3 Å². The molecule has 0 saturated heterocycles. The number of halogens is 1. The molecule has 0 bridgehead atoms. The second kappa shape index (κ2) is 4.03. The third-order valence-electron chi connectivity index (χ3n) is 3.18. The lowest BCUT2D eigenvalue weighted by molar-refractivity contribution is 0.0812. The van der Waals surface area contributed by atoms with Crippen LogP contribution in [0.1, 0.15) is 46.4 Å². The smallest absolute Gasteiger partial charge is 0.251 e. The van der Waals surface area contributed by atoms with Crippen LogP contribution in [0.15, 0.2) is 18.2 Å². The van der Waals surface area contributed by atoms with Gasteiger partial charge in [-0.05, 0) is 12.1 Å². The van der Waals surface area contributed by atoms with Gasteiger partial charge in [0.1, 0.15) is 17.2 Å². The SMILES string of the molecule is CC(C)c1nc2c([nH]1)C(=O)C(=O)c1cc(Cl)ccc1-2. The number of fused-ring (bicyclic) bond motifs is 3. The molecule has 0 saturated carbocycles. The van der Waals surface area contributed by atoms with Crippen LogP contribution in [0.3, 0.4) is 0 Å². The summed E-state index contributed by atoms with van der Waals surface area (Å²) in [5, 5.41) is 0.433. The first kappa shape index (κ1) is 12.1. The zero-order chi connectivity index (χ0) is 13.7. The summed E-state index contributed by atoms with van der Waals surface area (Å²) in [6.07, 6.45) is 0. The Kier molecular flexibility index (Phi) is 2.57. The summed E-state index contributed by atoms with van der Waals surface area (Å²) in [5.74, 6) is -0.230. The van der Waals surface area contributed by atoms with Gasteiger partial charge in [-0.3, -0.25) is 9.59 Å². The molecule has 0 amide bonds. The monoisotopic (exact) mass is 274 g/mol.